The molecule has 4 heterocycles. The third-order valence-corrected chi connectivity index (χ3v) is 6.52. The third kappa shape index (κ3) is 4.50. The molecule has 0 saturated carbocycles. The molecule has 0 unspecified atom stereocenters. The Morgan fingerprint density at radius 3 is 2.58 bits per heavy atom. The fourth-order valence-corrected chi connectivity index (χ4v) is 4.86. The molecular formula is C18H24N4O2S2. The fourth-order valence-electron chi connectivity index (χ4n) is 3.34. The van der Waals surface area contributed by atoms with Gasteiger partial charge in [-0.25, -0.2) is 4.98 Å². The predicted molar refractivity (Wildman–Crippen MR) is 105 cm³/mol. The van der Waals surface area contributed by atoms with Crippen LogP contribution in [0.2, 0.25) is 0 Å². The van der Waals surface area contributed by atoms with E-state index < -0.39 is 0 Å². The average Bonchev–Trinajstić information content (AvgIpc) is 3.36. The summed E-state index contributed by atoms with van der Waals surface area (Å²) in [6.45, 7) is 8.09. The Morgan fingerprint density at radius 1 is 1.08 bits per heavy atom. The van der Waals surface area contributed by atoms with Gasteiger partial charge in [0.05, 0.1) is 25.5 Å². The van der Waals surface area contributed by atoms with Crippen LogP contribution in [0.25, 0.3) is 10.6 Å². The van der Waals surface area contributed by atoms with Crippen LogP contribution in [0.3, 0.4) is 0 Å². The molecule has 0 aliphatic carbocycles. The number of hydrogen-bond acceptors (Lipinski definition) is 7. The lowest BCUT2D eigenvalue weighted by molar-refractivity contribution is -0.136. The van der Waals surface area contributed by atoms with Gasteiger partial charge in [0.25, 0.3) is 0 Å². The Morgan fingerprint density at radius 2 is 1.85 bits per heavy atom. The highest BCUT2D eigenvalue weighted by Crippen LogP contribution is 2.26. The Balaban J connectivity index is 1.23. The standard InChI is InChI=1S/C18H24N4O2S2/c23-17(22-6-8-24-9-7-22)12-21-4-2-20(3-5-21)11-16-14-26-18(19-16)15-1-10-25-13-15/h1,10,13-14H,2-9,11-12H2. The van der Waals surface area contributed by atoms with Gasteiger partial charge in [-0.05, 0) is 11.4 Å². The van der Waals surface area contributed by atoms with E-state index in [-0.39, 0.29) is 5.91 Å². The molecule has 2 aromatic heterocycles. The number of carbonyl (C=O) groups excluding carboxylic acids is 1. The number of thiazole rings is 1. The number of nitrogens with zero attached hydrogens (tertiary/aromatic N) is 4. The molecule has 4 rings (SSSR count). The monoisotopic (exact) mass is 392 g/mol. The van der Waals surface area contributed by atoms with Crippen LogP contribution < -0.4 is 0 Å². The minimum atomic E-state index is 0.238. The summed E-state index contributed by atoms with van der Waals surface area (Å²) in [7, 11) is 0. The van der Waals surface area contributed by atoms with E-state index in [0.29, 0.717) is 19.8 Å². The van der Waals surface area contributed by atoms with Crippen LogP contribution in [0.15, 0.2) is 22.2 Å². The number of thiophene rings is 1. The van der Waals surface area contributed by atoms with Gasteiger partial charge in [-0.15, -0.1) is 11.3 Å². The maximum atomic E-state index is 12.4. The van der Waals surface area contributed by atoms with Gasteiger partial charge < -0.3 is 9.64 Å². The summed E-state index contributed by atoms with van der Waals surface area (Å²) in [5.74, 6) is 0.238. The van der Waals surface area contributed by atoms with Crippen LogP contribution in [0.5, 0.6) is 0 Å². The molecule has 0 aromatic carbocycles. The molecule has 0 spiro atoms. The van der Waals surface area contributed by atoms with Gasteiger partial charge in [-0.2, -0.15) is 11.3 Å². The first kappa shape index (κ1) is 18.1. The van der Waals surface area contributed by atoms with E-state index in [1.165, 1.54) is 5.56 Å². The number of amides is 1. The zero-order chi connectivity index (χ0) is 17.8. The van der Waals surface area contributed by atoms with Gasteiger partial charge in [0, 0.05) is 62.1 Å². The Hall–Kier alpha value is -1.32. The number of rotatable bonds is 5. The van der Waals surface area contributed by atoms with Crippen LogP contribution in [0, 0.1) is 0 Å². The summed E-state index contributed by atoms with van der Waals surface area (Å²) in [6.07, 6.45) is 0. The normalized spacial score (nSPS) is 19.8. The predicted octanol–water partition coefficient (Wildman–Crippen LogP) is 1.85. The highest BCUT2D eigenvalue weighted by molar-refractivity contribution is 7.14. The van der Waals surface area contributed by atoms with Crippen molar-refractivity contribution in [3.05, 3.63) is 27.9 Å². The van der Waals surface area contributed by atoms with Crippen LogP contribution in [0.1, 0.15) is 5.69 Å². The van der Waals surface area contributed by atoms with Gasteiger partial charge in [-0.1, -0.05) is 0 Å². The smallest absolute Gasteiger partial charge is 0.236 e. The molecule has 2 saturated heterocycles. The van der Waals surface area contributed by atoms with Crippen molar-refractivity contribution >= 4 is 28.6 Å². The highest BCUT2D eigenvalue weighted by Gasteiger charge is 2.23. The van der Waals surface area contributed by atoms with Crippen molar-refractivity contribution in [2.45, 2.75) is 6.54 Å². The molecule has 0 N–H and O–H groups in total. The topological polar surface area (TPSA) is 48.9 Å². The van der Waals surface area contributed by atoms with Gasteiger partial charge >= 0.3 is 0 Å². The lowest BCUT2D eigenvalue weighted by Crippen LogP contribution is -2.51. The second-order valence-corrected chi connectivity index (χ2v) is 8.34. The van der Waals surface area contributed by atoms with Gasteiger partial charge in [-0.3, -0.25) is 14.6 Å². The number of piperazine rings is 1. The molecule has 8 heteroatoms. The van der Waals surface area contributed by atoms with E-state index in [1.807, 2.05) is 4.90 Å². The number of carbonyl (C=O) groups is 1. The molecule has 140 valence electrons. The molecule has 0 radical (unpaired) electrons. The van der Waals surface area contributed by atoms with Gasteiger partial charge in [0.15, 0.2) is 0 Å². The van der Waals surface area contributed by atoms with Crippen molar-refractivity contribution in [1.82, 2.24) is 19.7 Å². The summed E-state index contributed by atoms with van der Waals surface area (Å²) in [4.78, 5) is 23.8. The zero-order valence-electron chi connectivity index (χ0n) is 14.8. The maximum absolute atomic E-state index is 12.4. The summed E-state index contributed by atoms with van der Waals surface area (Å²) in [6, 6.07) is 2.12. The second-order valence-electron chi connectivity index (χ2n) is 6.70. The summed E-state index contributed by atoms with van der Waals surface area (Å²) >= 11 is 3.43. The zero-order valence-corrected chi connectivity index (χ0v) is 16.4. The average molecular weight is 393 g/mol. The minimum absolute atomic E-state index is 0.238. The van der Waals surface area contributed by atoms with Crippen LogP contribution in [-0.2, 0) is 16.1 Å². The van der Waals surface area contributed by atoms with E-state index in [9.17, 15) is 4.79 Å². The molecule has 2 aliphatic rings. The molecule has 1 amide bonds. The number of hydrogen-bond donors (Lipinski definition) is 0. The lowest BCUT2D eigenvalue weighted by Gasteiger charge is -2.35. The van der Waals surface area contributed by atoms with Crippen molar-refractivity contribution in [2.24, 2.45) is 0 Å². The molecule has 26 heavy (non-hydrogen) atoms. The van der Waals surface area contributed by atoms with E-state index >= 15 is 0 Å². The minimum Gasteiger partial charge on any atom is -0.378 e. The molecule has 6 nitrogen and oxygen atoms in total. The molecule has 0 bridgehead atoms. The van der Waals surface area contributed by atoms with Crippen molar-refractivity contribution in [3.8, 4) is 10.6 Å². The number of morpholine rings is 1. The molecule has 2 fully saturated rings. The number of aromatic nitrogens is 1. The van der Waals surface area contributed by atoms with Crippen molar-refractivity contribution in [3.63, 3.8) is 0 Å². The quantitative estimate of drug-likeness (QED) is 0.777. The number of ether oxygens (including phenoxy) is 1. The van der Waals surface area contributed by atoms with Gasteiger partial charge in [0.1, 0.15) is 5.01 Å². The first-order chi connectivity index (χ1) is 12.8. The van der Waals surface area contributed by atoms with Gasteiger partial charge in [0.2, 0.25) is 5.91 Å². The van der Waals surface area contributed by atoms with E-state index in [0.717, 1.165) is 56.5 Å². The van der Waals surface area contributed by atoms with Crippen molar-refractivity contribution < 1.29 is 9.53 Å². The summed E-state index contributed by atoms with van der Waals surface area (Å²) in [5, 5.41) is 7.51. The molecule has 0 atom stereocenters. The molecule has 2 aliphatic heterocycles. The fraction of sp³-hybridized carbons (Fsp3) is 0.556. The highest BCUT2D eigenvalue weighted by atomic mass is 32.1. The summed E-state index contributed by atoms with van der Waals surface area (Å²) < 4.78 is 5.32. The molecular weight excluding hydrogens is 368 g/mol. The Bertz CT molecular complexity index is 705. The maximum Gasteiger partial charge on any atom is 0.236 e. The van der Waals surface area contributed by atoms with E-state index in [2.05, 4.69) is 32.0 Å². The Labute approximate surface area is 162 Å². The lowest BCUT2D eigenvalue weighted by atomic mass is 10.3. The first-order valence-corrected chi connectivity index (χ1v) is 10.9. The van der Waals surface area contributed by atoms with Crippen molar-refractivity contribution in [1.29, 1.82) is 0 Å². The largest absolute Gasteiger partial charge is 0.378 e. The van der Waals surface area contributed by atoms with Crippen molar-refractivity contribution in [2.75, 3.05) is 59.0 Å². The Kier molecular flexibility index (Phi) is 5.96. The second kappa shape index (κ2) is 8.58. The third-order valence-electron chi connectivity index (χ3n) is 4.89. The van der Waals surface area contributed by atoms with Crippen LogP contribution in [0.4, 0.5) is 0 Å². The summed E-state index contributed by atoms with van der Waals surface area (Å²) in [5.41, 5.74) is 2.37. The van der Waals surface area contributed by atoms with E-state index in [4.69, 9.17) is 9.72 Å². The van der Waals surface area contributed by atoms with Crippen LogP contribution in [-0.4, -0.2) is 84.6 Å². The van der Waals surface area contributed by atoms with Crippen LogP contribution >= 0.6 is 22.7 Å². The molecule has 2 aromatic rings. The van der Waals surface area contributed by atoms with E-state index in [1.54, 1.807) is 22.7 Å². The first-order valence-electron chi connectivity index (χ1n) is 9.05. The SMILES string of the molecule is O=C(CN1CCN(Cc2csc(-c3ccsc3)n2)CC1)N1CCOCC1.